The number of thioether (sulfide) groups is 1. The maximum absolute atomic E-state index is 12.2. The van der Waals surface area contributed by atoms with Crippen LogP contribution >= 0.6 is 24.2 Å². The largest absolute Gasteiger partial charge is 0.341 e. The van der Waals surface area contributed by atoms with E-state index in [1.165, 1.54) is 23.9 Å². The quantitative estimate of drug-likeness (QED) is 0.502. The zero-order valence-electron chi connectivity index (χ0n) is 12.4. The third-order valence-electron chi connectivity index (χ3n) is 3.81. The highest BCUT2D eigenvalue weighted by molar-refractivity contribution is 8.00. The summed E-state index contributed by atoms with van der Waals surface area (Å²) < 4.78 is 0. The van der Waals surface area contributed by atoms with Crippen LogP contribution < -0.4 is 5.73 Å². The van der Waals surface area contributed by atoms with Crippen LogP contribution in [-0.2, 0) is 4.79 Å². The highest BCUT2D eigenvalue weighted by Gasteiger charge is 2.34. The first kappa shape index (κ1) is 18.7. The molecular formula is C14H20ClN3O3S. The Morgan fingerprint density at radius 3 is 2.59 bits per heavy atom. The second kappa shape index (κ2) is 7.80. The number of non-ortho nitro benzene ring substituents is 1. The predicted molar refractivity (Wildman–Crippen MR) is 89.4 cm³/mol. The van der Waals surface area contributed by atoms with Crippen molar-refractivity contribution in [2.45, 2.75) is 18.2 Å². The van der Waals surface area contributed by atoms with E-state index in [-0.39, 0.29) is 29.4 Å². The average Bonchev–Trinajstić information content (AvgIpc) is 2.88. The number of nitro benzene ring substituents is 1. The van der Waals surface area contributed by atoms with Crippen LogP contribution in [-0.4, -0.2) is 41.1 Å². The highest BCUT2D eigenvalue weighted by Crippen LogP contribution is 2.29. The van der Waals surface area contributed by atoms with Crippen LogP contribution in [0.2, 0.25) is 0 Å². The summed E-state index contributed by atoms with van der Waals surface area (Å²) in [6, 6.07) is 6.25. The molecular weight excluding hydrogens is 326 g/mol. The van der Waals surface area contributed by atoms with E-state index < -0.39 is 4.92 Å². The van der Waals surface area contributed by atoms with Crippen LogP contribution in [0.25, 0.3) is 0 Å². The number of nitrogens with zero attached hydrogens (tertiary/aromatic N) is 2. The number of nitro groups is 1. The number of amides is 1. The molecule has 1 aromatic rings. The molecule has 1 fully saturated rings. The van der Waals surface area contributed by atoms with E-state index in [4.69, 9.17) is 5.73 Å². The van der Waals surface area contributed by atoms with Crippen LogP contribution in [0.5, 0.6) is 0 Å². The third-order valence-corrected chi connectivity index (χ3v) is 4.81. The normalized spacial score (nSPS) is 20.5. The molecule has 1 unspecified atom stereocenters. The molecule has 8 heteroatoms. The summed E-state index contributed by atoms with van der Waals surface area (Å²) in [5.74, 6) is 0.439. The number of halogens is 1. The van der Waals surface area contributed by atoms with Crippen LogP contribution in [0.15, 0.2) is 29.2 Å². The molecule has 0 aliphatic carbocycles. The second-order valence-electron chi connectivity index (χ2n) is 5.62. The topological polar surface area (TPSA) is 89.5 Å². The maximum atomic E-state index is 12.2. The van der Waals surface area contributed by atoms with Gasteiger partial charge in [0.2, 0.25) is 5.91 Å². The summed E-state index contributed by atoms with van der Waals surface area (Å²) in [4.78, 5) is 25.0. The number of benzene rings is 1. The minimum atomic E-state index is -0.433. The third kappa shape index (κ3) is 4.59. The molecule has 1 amide bonds. The summed E-state index contributed by atoms with van der Waals surface area (Å²) in [6.45, 7) is 4.16. The summed E-state index contributed by atoms with van der Waals surface area (Å²) in [7, 11) is 0. The predicted octanol–water partition coefficient (Wildman–Crippen LogP) is 2.31. The Morgan fingerprint density at radius 1 is 1.45 bits per heavy atom. The zero-order chi connectivity index (χ0) is 15.5. The van der Waals surface area contributed by atoms with Crippen LogP contribution in [0.3, 0.4) is 0 Å². The molecule has 1 atom stereocenters. The second-order valence-corrected chi connectivity index (χ2v) is 6.67. The number of hydrogen-bond acceptors (Lipinski definition) is 5. The number of hydrogen-bond donors (Lipinski definition) is 1. The molecule has 22 heavy (non-hydrogen) atoms. The summed E-state index contributed by atoms with van der Waals surface area (Å²) in [6.07, 6.45) is 0.942. The van der Waals surface area contributed by atoms with E-state index >= 15 is 0 Å². The van der Waals surface area contributed by atoms with Gasteiger partial charge in [-0.05, 0) is 30.5 Å². The lowest BCUT2D eigenvalue weighted by Crippen LogP contribution is -2.35. The molecule has 122 valence electrons. The molecule has 1 aromatic carbocycles. The van der Waals surface area contributed by atoms with Gasteiger partial charge in [-0.3, -0.25) is 14.9 Å². The molecule has 0 saturated carbocycles. The van der Waals surface area contributed by atoms with Crippen molar-refractivity contribution in [1.29, 1.82) is 0 Å². The lowest BCUT2D eigenvalue weighted by Gasteiger charge is -2.22. The molecule has 0 radical (unpaired) electrons. The fourth-order valence-electron chi connectivity index (χ4n) is 2.30. The van der Waals surface area contributed by atoms with Crippen LogP contribution in [0.4, 0.5) is 5.69 Å². The Hall–Kier alpha value is -1.31. The van der Waals surface area contributed by atoms with Crippen molar-refractivity contribution in [1.82, 2.24) is 4.90 Å². The maximum Gasteiger partial charge on any atom is 0.269 e. The van der Waals surface area contributed by atoms with Crippen molar-refractivity contribution in [2.75, 3.05) is 25.4 Å². The minimum Gasteiger partial charge on any atom is -0.341 e. The van der Waals surface area contributed by atoms with Gasteiger partial charge in [-0.15, -0.1) is 24.2 Å². The zero-order valence-corrected chi connectivity index (χ0v) is 14.0. The van der Waals surface area contributed by atoms with Gasteiger partial charge in [0, 0.05) is 30.1 Å². The number of rotatable bonds is 5. The Kier molecular flexibility index (Phi) is 6.65. The van der Waals surface area contributed by atoms with E-state index in [0.717, 1.165) is 17.9 Å². The van der Waals surface area contributed by atoms with Crippen molar-refractivity contribution in [3.63, 3.8) is 0 Å². The van der Waals surface area contributed by atoms with Crippen LogP contribution in [0.1, 0.15) is 13.3 Å². The van der Waals surface area contributed by atoms with Crippen molar-refractivity contribution < 1.29 is 9.72 Å². The number of likely N-dealkylation sites (tertiary alicyclic amines) is 1. The van der Waals surface area contributed by atoms with Gasteiger partial charge in [-0.25, -0.2) is 0 Å². The van der Waals surface area contributed by atoms with E-state index in [1.54, 1.807) is 12.1 Å². The summed E-state index contributed by atoms with van der Waals surface area (Å²) >= 11 is 1.40. The molecule has 1 aliphatic rings. The molecule has 6 nitrogen and oxygen atoms in total. The summed E-state index contributed by atoms with van der Waals surface area (Å²) in [5, 5.41) is 10.6. The van der Waals surface area contributed by atoms with Crippen molar-refractivity contribution in [3.05, 3.63) is 34.4 Å². The van der Waals surface area contributed by atoms with Gasteiger partial charge < -0.3 is 10.6 Å². The molecule has 1 saturated heterocycles. The summed E-state index contributed by atoms with van der Waals surface area (Å²) in [5.41, 5.74) is 5.83. The van der Waals surface area contributed by atoms with Gasteiger partial charge in [0.1, 0.15) is 0 Å². The standard InChI is InChI=1S/C14H19N3O3S.ClH/c1-14(9-15)6-7-16(10-14)13(18)8-21-12-4-2-11(3-5-12)17(19)20;/h2-5H,6-10,15H2,1H3;1H. The number of nitrogens with two attached hydrogens (primary N) is 1. The van der Waals surface area contributed by atoms with Crippen LogP contribution in [0, 0.1) is 15.5 Å². The first-order valence-electron chi connectivity index (χ1n) is 6.79. The van der Waals surface area contributed by atoms with Gasteiger partial charge in [0.05, 0.1) is 10.7 Å². The molecule has 1 heterocycles. The molecule has 0 bridgehead atoms. The van der Waals surface area contributed by atoms with Gasteiger partial charge >= 0.3 is 0 Å². The Morgan fingerprint density at radius 2 is 2.09 bits per heavy atom. The SMILES string of the molecule is CC1(CN)CCN(C(=O)CSc2ccc([N+](=O)[O-])cc2)C1.Cl. The van der Waals surface area contributed by atoms with Gasteiger partial charge in [-0.2, -0.15) is 0 Å². The van der Waals surface area contributed by atoms with E-state index in [9.17, 15) is 14.9 Å². The number of carbonyl (C=O) groups excluding carboxylic acids is 1. The van der Waals surface area contributed by atoms with E-state index in [1.807, 2.05) is 4.90 Å². The molecule has 0 aromatic heterocycles. The molecule has 0 spiro atoms. The Balaban J connectivity index is 0.00000242. The fraction of sp³-hybridized carbons (Fsp3) is 0.500. The lowest BCUT2D eigenvalue weighted by atomic mass is 9.90. The fourth-order valence-corrected chi connectivity index (χ4v) is 3.10. The van der Waals surface area contributed by atoms with E-state index in [0.29, 0.717) is 18.8 Å². The van der Waals surface area contributed by atoms with Gasteiger partial charge in [0.15, 0.2) is 0 Å². The van der Waals surface area contributed by atoms with Crippen molar-refractivity contribution in [2.24, 2.45) is 11.1 Å². The minimum absolute atomic E-state index is 0. The van der Waals surface area contributed by atoms with E-state index in [2.05, 4.69) is 6.92 Å². The first-order valence-corrected chi connectivity index (χ1v) is 7.77. The smallest absolute Gasteiger partial charge is 0.269 e. The van der Waals surface area contributed by atoms with Gasteiger partial charge in [0.25, 0.3) is 5.69 Å². The first-order chi connectivity index (χ1) is 9.93. The average molecular weight is 346 g/mol. The molecule has 1 aliphatic heterocycles. The van der Waals surface area contributed by atoms with Crippen molar-refractivity contribution in [3.8, 4) is 0 Å². The molecule has 2 N–H and O–H groups in total. The van der Waals surface area contributed by atoms with Gasteiger partial charge in [-0.1, -0.05) is 6.92 Å². The highest BCUT2D eigenvalue weighted by atomic mass is 35.5. The molecule has 2 rings (SSSR count). The van der Waals surface area contributed by atoms with Crippen molar-refractivity contribution >= 4 is 35.8 Å². The number of carbonyl (C=O) groups is 1. The monoisotopic (exact) mass is 345 g/mol. The Bertz CT molecular complexity index is 541. The lowest BCUT2D eigenvalue weighted by molar-refractivity contribution is -0.384. The Labute approximate surface area is 140 Å².